The number of aromatic nitrogens is 4. The van der Waals surface area contributed by atoms with Crippen LogP contribution in [0, 0.1) is 0 Å². The van der Waals surface area contributed by atoms with Gasteiger partial charge < -0.3 is 31.9 Å². The molecule has 0 saturated heterocycles. The average molecular weight is 810 g/mol. The Labute approximate surface area is 336 Å². The van der Waals surface area contributed by atoms with Gasteiger partial charge in [-0.1, -0.05) is 46.9 Å². The predicted molar refractivity (Wildman–Crippen MR) is 222 cm³/mol. The fraction of sp³-hybridized carbons (Fsp3) is 0.256. The summed E-state index contributed by atoms with van der Waals surface area (Å²) in [6, 6.07) is 20.7. The van der Waals surface area contributed by atoms with Crippen LogP contribution in [0.15, 0.2) is 72.8 Å². The zero-order chi connectivity index (χ0) is 41.2. The van der Waals surface area contributed by atoms with Crippen molar-refractivity contribution in [2.75, 3.05) is 25.1 Å². The van der Waals surface area contributed by atoms with Gasteiger partial charge in [0, 0.05) is 39.3 Å². The molecule has 296 valence electrons. The number of nitrogens with one attached hydrogen (secondary N) is 5. The van der Waals surface area contributed by atoms with Crippen molar-refractivity contribution in [3.63, 3.8) is 0 Å². The smallest absolute Gasteiger partial charge is 0.323 e. The van der Waals surface area contributed by atoms with Gasteiger partial charge in [0.2, 0.25) is 0 Å². The van der Waals surface area contributed by atoms with Crippen molar-refractivity contribution in [2.45, 2.75) is 52.9 Å². The first-order valence-electron chi connectivity index (χ1n) is 17.8. The van der Waals surface area contributed by atoms with Crippen LogP contribution >= 0.6 is 22.7 Å². The molecule has 0 radical (unpaired) electrons. The maximum atomic E-state index is 12.5. The molecule has 0 unspecified atom stereocenters. The largest absolute Gasteiger partial charge is 0.375 e. The van der Waals surface area contributed by atoms with Crippen LogP contribution in [0.4, 0.5) is 15.1 Å². The van der Waals surface area contributed by atoms with Gasteiger partial charge in [-0.05, 0) is 87.4 Å². The van der Waals surface area contributed by atoms with Crippen LogP contribution in [-0.4, -0.2) is 80.7 Å². The number of anilines is 2. The number of thiazole rings is 2. The fourth-order valence-corrected chi connectivity index (χ4v) is 6.58. The Hall–Kier alpha value is -6.53. The number of hydrogen-bond acceptors (Lipinski definition) is 12. The third-order valence-corrected chi connectivity index (χ3v) is 9.53. The number of carbonyl (C=O) groups excluding carboxylic acids is 5. The van der Waals surface area contributed by atoms with Crippen LogP contribution in [0.1, 0.15) is 80.8 Å². The Bertz CT molecular complexity index is 2430. The van der Waals surface area contributed by atoms with Crippen molar-refractivity contribution < 1.29 is 24.0 Å². The van der Waals surface area contributed by atoms with Gasteiger partial charge in [0.15, 0.2) is 10.3 Å². The number of fused-ring (bicyclic) bond motifs is 2. The molecule has 18 heteroatoms. The first-order valence-corrected chi connectivity index (χ1v) is 19.4. The second-order valence-corrected chi connectivity index (χ2v) is 15.5. The van der Waals surface area contributed by atoms with E-state index < -0.39 is 0 Å². The lowest BCUT2D eigenvalue weighted by Gasteiger charge is -2.09. The summed E-state index contributed by atoms with van der Waals surface area (Å²) in [5.41, 5.74) is 9.77. The van der Waals surface area contributed by atoms with Gasteiger partial charge in [0.25, 0.3) is 23.6 Å². The lowest BCUT2D eigenvalue weighted by atomic mass is 10.2. The van der Waals surface area contributed by atoms with Crippen LogP contribution in [-0.2, 0) is 13.1 Å². The first kappa shape index (κ1) is 41.6. The average Bonchev–Trinajstić information content (AvgIpc) is 3.76. The number of urea groups is 1. The molecule has 4 heterocycles. The Morgan fingerprint density at radius 1 is 0.614 bits per heavy atom. The third-order valence-electron chi connectivity index (χ3n) is 7.71. The van der Waals surface area contributed by atoms with Crippen LogP contribution < -0.4 is 32.3 Å². The van der Waals surface area contributed by atoms with Crippen molar-refractivity contribution in [1.29, 1.82) is 0 Å². The van der Waals surface area contributed by atoms with Crippen LogP contribution in [0.25, 0.3) is 20.4 Å². The third kappa shape index (κ3) is 11.7. The van der Waals surface area contributed by atoms with E-state index in [-0.39, 0.29) is 71.1 Å². The Morgan fingerprint density at radius 3 is 1.51 bits per heavy atom. The van der Waals surface area contributed by atoms with Gasteiger partial charge >= 0.3 is 6.03 Å². The highest BCUT2D eigenvalue weighted by molar-refractivity contribution is 7.22. The summed E-state index contributed by atoms with van der Waals surface area (Å²) in [7, 11) is 3.31. The number of rotatable bonds is 11. The van der Waals surface area contributed by atoms with E-state index in [1.165, 1.54) is 27.6 Å². The molecule has 0 spiro atoms. The number of nitrogens with zero attached hydrogens (tertiary/aromatic N) is 5. The van der Waals surface area contributed by atoms with Crippen LogP contribution in [0.2, 0.25) is 0 Å². The molecule has 0 atom stereocenters. The molecule has 6 amide bonds. The molecular weight excluding hydrogens is 767 g/mol. The summed E-state index contributed by atoms with van der Waals surface area (Å²) < 4.78 is 1.93. The van der Waals surface area contributed by atoms with Crippen molar-refractivity contribution in [3.05, 3.63) is 107 Å². The summed E-state index contributed by atoms with van der Waals surface area (Å²) in [5.74, 6) is -1.35. The second kappa shape index (κ2) is 18.9. The minimum absolute atomic E-state index is 0.00329. The van der Waals surface area contributed by atoms with E-state index in [1.54, 1.807) is 50.5 Å². The molecule has 0 aliphatic rings. The van der Waals surface area contributed by atoms with E-state index in [4.69, 9.17) is 5.73 Å². The highest BCUT2D eigenvalue weighted by Crippen LogP contribution is 2.27. The quantitative estimate of drug-likeness (QED) is 0.100. The van der Waals surface area contributed by atoms with E-state index in [1.807, 2.05) is 64.1 Å². The Kier molecular flexibility index (Phi) is 13.8. The molecule has 57 heavy (non-hydrogen) atoms. The number of amides is 6. The predicted octanol–water partition coefficient (Wildman–Crippen LogP) is 5.19. The van der Waals surface area contributed by atoms with Gasteiger partial charge in [-0.2, -0.15) is 0 Å². The normalized spacial score (nSPS) is 10.8. The van der Waals surface area contributed by atoms with Crippen molar-refractivity contribution in [3.8, 4) is 0 Å². The maximum Gasteiger partial charge on any atom is 0.323 e. The van der Waals surface area contributed by atoms with Gasteiger partial charge in [-0.15, -0.1) is 0 Å². The van der Waals surface area contributed by atoms with E-state index in [2.05, 4.69) is 46.5 Å². The monoisotopic (exact) mass is 809 g/mol. The maximum absolute atomic E-state index is 12.5. The van der Waals surface area contributed by atoms with E-state index >= 15 is 0 Å². The Balaban J connectivity index is 0.000000221. The van der Waals surface area contributed by atoms with Gasteiger partial charge in [-0.25, -0.2) is 24.7 Å². The topological polar surface area (TPSA) is 226 Å². The summed E-state index contributed by atoms with van der Waals surface area (Å²) in [6.07, 6.45) is 0. The zero-order valence-electron chi connectivity index (χ0n) is 32.2. The van der Waals surface area contributed by atoms with Gasteiger partial charge in [0.05, 0.1) is 20.4 Å². The molecule has 4 aromatic heterocycles. The molecule has 0 saturated carbocycles. The standard InChI is InChI=1S/C21H24N6O3S.C18H19N5O2S/c1-12(2)23-19(29)15-7-5-6-14(24-15)18(28)22-11-13-8-9-17-16(10-13)25-20(31-17)26-21(30)27(3)4;1-10(2)21-17(25)13-5-3-4-12(22-13)16(24)20-9-11-6-7-15-14(8-11)23-18(19)26-15/h5-10,12H,11H2,1-4H3,(H,22,28)(H,23,29)(H,25,26,30);3-8,10H,9H2,1-2H3,(H2,19,23)(H,20,24)(H,21,25). The van der Waals surface area contributed by atoms with Crippen molar-refractivity contribution in [2.24, 2.45) is 0 Å². The summed E-state index contributed by atoms with van der Waals surface area (Å²) >= 11 is 2.80. The molecule has 7 N–H and O–H groups in total. The summed E-state index contributed by atoms with van der Waals surface area (Å²) in [5, 5.41) is 14.9. The lowest BCUT2D eigenvalue weighted by Crippen LogP contribution is -2.31. The van der Waals surface area contributed by atoms with E-state index in [0.717, 1.165) is 31.6 Å². The summed E-state index contributed by atoms with van der Waals surface area (Å²) in [6.45, 7) is 8.04. The van der Waals surface area contributed by atoms with Gasteiger partial charge in [-0.3, -0.25) is 24.5 Å². The number of carbonyl (C=O) groups is 5. The molecule has 16 nitrogen and oxygen atoms in total. The zero-order valence-corrected chi connectivity index (χ0v) is 33.8. The molecule has 0 fully saturated rings. The minimum atomic E-state index is -0.378. The van der Waals surface area contributed by atoms with Gasteiger partial charge in [0.1, 0.15) is 22.8 Å². The van der Waals surface area contributed by atoms with Crippen molar-refractivity contribution >= 4 is 83.0 Å². The fourth-order valence-electron chi connectivity index (χ4n) is 5.03. The first-order chi connectivity index (χ1) is 27.1. The van der Waals surface area contributed by atoms with E-state index in [0.29, 0.717) is 16.8 Å². The molecule has 2 aromatic carbocycles. The number of benzene rings is 2. The van der Waals surface area contributed by atoms with Crippen LogP contribution in [0.3, 0.4) is 0 Å². The van der Waals surface area contributed by atoms with Crippen molar-refractivity contribution in [1.82, 2.24) is 46.1 Å². The molecule has 6 aromatic rings. The second-order valence-electron chi connectivity index (χ2n) is 13.4. The highest BCUT2D eigenvalue weighted by atomic mass is 32.1. The Morgan fingerprint density at radius 2 is 1.05 bits per heavy atom. The number of hydrogen-bond donors (Lipinski definition) is 6. The molecule has 6 rings (SSSR count). The molecule has 0 aliphatic carbocycles. The molecule has 0 bridgehead atoms. The van der Waals surface area contributed by atoms with E-state index in [9.17, 15) is 24.0 Å². The number of nitrogen functional groups attached to an aromatic ring is 1. The SMILES string of the molecule is CC(C)NC(=O)c1cccc(C(=O)NCc2ccc3sc(N)nc3c2)n1.CC(C)NC(=O)c1cccc(C(=O)NCc2ccc3sc(NC(=O)N(C)C)nc3c2)n1. The minimum Gasteiger partial charge on any atom is -0.375 e. The molecule has 0 aliphatic heterocycles. The summed E-state index contributed by atoms with van der Waals surface area (Å²) in [4.78, 5) is 79.1. The molecular formula is C39H43N11O5S2. The highest BCUT2D eigenvalue weighted by Gasteiger charge is 2.15. The number of pyridine rings is 2. The van der Waals surface area contributed by atoms with Crippen LogP contribution in [0.5, 0.6) is 0 Å². The number of nitrogens with two attached hydrogens (primary N) is 1. The lowest BCUT2D eigenvalue weighted by molar-refractivity contribution is 0.0920.